The summed E-state index contributed by atoms with van der Waals surface area (Å²) in [6.07, 6.45) is -4.50. The number of anilines is 1. The van der Waals surface area contributed by atoms with Crippen molar-refractivity contribution in [1.82, 2.24) is 0 Å². The lowest BCUT2D eigenvalue weighted by Gasteiger charge is -2.17. The maximum absolute atomic E-state index is 12.5. The van der Waals surface area contributed by atoms with E-state index in [4.69, 9.17) is 17.3 Å². The van der Waals surface area contributed by atoms with Crippen LogP contribution in [0.5, 0.6) is 0 Å². The largest absolute Gasteiger partial charge is 0.416 e. The van der Waals surface area contributed by atoms with Gasteiger partial charge in [0.05, 0.1) is 22.3 Å². The lowest BCUT2D eigenvalue weighted by molar-refractivity contribution is -0.137. The fraction of sp³-hybridized carbons (Fsp3) is 0.417. The normalized spacial score (nSPS) is 13.5. The van der Waals surface area contributed by atoms with E-state index in [1.807, 2.05) is 0 Å². The average molecular weight is 295 g/mol. The monoisotopic (exact) mass is 294 g/mol. The van der Waals surface area contributed by atoms with Crippen molar-refractivity contribution in [3.05, 3.63) is 28.8 Å². The molecule has 19 heavy (non-hydrogen) atoms. The molecule has 7 heteroatoms. The molecular formula is C12H14ClF3N2O. The lowest BCUT2D eigenvalue weighted by Crippen LogP contribution is -2.39. The fourth-order valence-electron chi connectivity index (χ4n) is 1.32. The van der Waals surface area contributed by atoms with Gasteiger partial charge in [0.2, 0.25) is 5.91 Å². The Morgan fingerprint density at radius 3 is 2.42 bits per heavy atom. The summed E-state index contributed by atoms with van der Waals surface area (Å²) in [6, 6.07) is 1.90. The summed E-state index contributed by atoms with van der Waals surface area (Å²) in [6.45, 7) is 3.47. The number of rotatable bonds is 3. The van der Waals surface area contributed by atoms with Crippen LogP contribution in [0.4, 0.5) is 18.9 Å². The molecule has 1 aromatic carbocycles. The van der Waals surface area contributed by atoms with Crippen LogP contribution < -0.4 is 11.1 Å². The minimum absolute atomic E-state index is 0.0253. The van der Waals surface area contributed by atoms with Gasteiger partial charge in [0.1, 0.15) is 0 Å². The first kappa shape index (κ1) is 15.8. The van der Waals surface area contributed by atoms with Crippen molar-refractivity contribution in [3.63, 3.8) is 0 Å². The minimum atomic E-state index is -4.50. The van der Waals surface area contributed by atoms with Gasteiger partial charge in [-0.1, -0.05) is 25.4 Å². The van der Waals surface area contributed by atoms with Gasteiger partial charge >= 0.3 is 6.18 Å². The molecule has 0 radical (unpaired) electrons. The Labute approximate surface area is 113 Å². The van der Waals surface area contributed by atoms with Gasteiger partial charge in [0, 0.05) is 0 Å². The quantitative estimate of drug-likeness (QED) is 0.899. The van der Waals surface area contributed by atoms with E-state index in [1.54, 1.807) is 13.8 Å². The third kappa shape index (κ3) is 4.11. The van der Waals surface area contributed by atoms with Crippen molar-refractivity contribution in [2.24, 2.45) is 11.7 Å². The summed E-state index contributed by atoms with van der Waals surface area (Å²) in [7, 11) is 0. The first-order valence-corrected chi connectivity index (χ1v) is 5.94. The van der Waals surface area contributed by atoms with Gasteiger partial charge in [-0.25, -0.2) is 0 Å². The predicted molar refractivity (Wildman–Crippen MR) is 67.9 cm³/mol. The molecule has 1 aromatic rings. The number of carbonyl (C=O) groups is 1. The van der Waals surface area contributed by atoms with Crippen LogP contribution in [-0.2, 0) is 11.0 Å². The van der Waals surface area contributed by atoms with Gasteiger partial charge in [0.15, 0.2) is 0 Å². The zero-order valence-electron chi connectivity index (χ0n) is 10.4. The van der Waals surface area contributed by atoms with Crippen molar-refractivity contribution < 1.29 is 18.0 Å². The standard InChI is InChI=1S/C12H14ClF3N2O/c1-6(2)10(17)11(19)18-9-5-7(12(14,15)16)3-4-8(9)13/h3-6,10H,17H2,1-2H3,(H,18,19)/t10-/m1/s1. The van der Waals surface area contributed by atoms with Crippen LogP contribution in [-0.4, -0.2) is 11.9 Å². The highest BCUT2D eigenvalue weighted by Gasteiger charge is 2.31. The highest BCUT2D eigenvalue weighted by molar-refractivity contribution is 6.33. The van der Waals surface area contributed by atoms with Crippen LogP contribution >= 0.6 is 11.6 Å². The zero-order chi connectivity index (χ0) is 14.8. The molecule has 3 N–H and O–H groups in total. The Bertz CT molecular complexity index is 475. The van der Waals surface area contributed by atoms with E-state index in [0.29, 0.717) is 0 Å². The number of hydrogen-bond donors (Lipinski definition) is 2. The summed E-state index contributed by atoms with van der Waals surface area (Å²) >= 11 is 5.75. The summed E-state index contributed by atoms with van der Waals surface area (Å²) in [5, 5.41) is 2.33. The third-order valence-electron chi connectivity index (χ3n) is 2.57. The second kappa shape index (κ2) is 5.79. The lowest BCUT2D eigenvalue weighted by atomic mass is 10.0. The molecule has 1 amide bonds. The summed E-state index contributed by atoms with van der Waals surface area (Å²) in [4.78, 5) is 11.7. The third-order valence-corrected chi connectivity index (χ3v) is 2.90. The van der Waals surface area contributed by atoms with Gasteiger partial charge in [-0.15, -0.1) is 0 Å². The highest BCUT2D eigenvalue weighted by Crippen LogP contribution is 2.33. The number of halogens is 4. The smallest absolute Gasteiger partial charge is 0.323 e. The average Bonchev–Trinajstić information content (AvgIpc) is 2.29. The molecule has 0 saturated carbocycles. The molecule has 0 heterocycles. The number of hydrogen-bond acceptors (Lipinski definition) is 2. The van der Waals surface area contributed by atoms with Crippen molar-refractivity contribution in [1.29, 1.82) is 0 Å². The Balaban J connectivity index is 2.98. The topological polar surface area (TPSA) is 55.1 Å². The van der Waals surface area contributed by atoms with E-state index in [0.717, 1.165) is 18.2 Å². The molecule has 3 nitrogen and oxygen atoms in total. The van der Waals surface area contributed by atoms with E-state index < -0.39 is 23.7 Å². The van der Waals surface area contributed by atoms with Gasteiger partial charge in [-0.2, -0.15) is 13.2 Å². The van der Waals surface area contributed by atoms with Crippen LogP contribution in [0.1, 0.15) is 19.4 Å². The van der Waals surface area contributed by atoms with Crippen molar-refractivity contribution in [3.8, 4) is 0 Å². The van der Waals surface area contributed by atoms with Crippen LogP contribution in [0, 0.1) is 5.92 Å². The van der Waals surface area contributed by atoms with Gasteiger partial charge in [-0.3, -0.25) is 4.79 Å². The molecule has 0 bridgehead atoms. The van der Waals surface area contributed by atoms with E-state index in [1.165, 1.54) is 0 Å². The molecular weight excluding hydrogens is 281 g/mol. The maximum atomic E-state index is 12.5. The van der Waals surface area contributed by atoms with Crippen LogP contribution in [0.15, 0.2) is 18.2 Å². The molecule has 1 atom stereocenters. The summed E-state index contributed by atoms with van der Waals surface area (Å²) in [5.41, 5.74) is 4.62. The maximum Gasteiger partial charge on any atom is 0.416 e. The number of amides is 1. The van der Waals surface area contributed by atoms with Crippen LogP contribution in [0.3, 0.4) is 0 Å². The van der Waals surface area contributed by atoms with Crippen LogP contribution in [0.2, 0.25) is 5.02 Å². The minimum Gasteiger partial charge on any atom is -0.323 e. The molecule has 1 rings (SSSR count). The summed E-state index contributed by atoms with van der Waals surface area (Å²) in [5.74, 6) is -0.708. The molecule has 0 saturated heterocycles. The Hall–Kier alpha value is -1.27. The molecule has 0 aliphatic heterocycles. The summed E-state index contributed by atoms with van der Waals surface area (Å²) < 4.78 is 37.6. The number of nitrogens with one attached hydrogen (secondary N) is 1. The Morgan fingerprint density at radius 1 is 1.37 bits per heavy atom. The molecule has 0 fully saturated rings. The van der Waals surface area contributed by atoms with Gasteiger partial charge in [0.25, 0.3) is 0 Å². The van der Waals surface area contributed by atoms with E-state index in [9.17, 15) is 18.0 Å². The zero-order valence-corrected chi connectivity index (χ0v) is 11.1. The molecule has 0 spiro atoms. The second-order valence-corrected chi connectivity index (χ2v) is 4.86. The molecule has 0 aliphatic carbocycles. The molecule has 106 valence electrons. The fourth-order valence-corrected chi connectivity index (χ4v) is 1.48. The van der Waals surface area contributed by atoms with E-state index in [-0.39, 0.29) is 16.6 Å². The van der Waals surface area contributed by atoms with Crippen molar-refractivity contribution >= 4 is 23.2 Å². The Kier molecular flexibility index (Phi) is 4.81. The second-order valence-electron chi connectivity index (χ2n) is 4.45. The van der Waals surface area contributed by atoms with Crippen molar-refractivity contribution in [2.75, 3.05) is 5.32 Å². The van der Waals surface area contributed by atoms with Crippen molar-refractivity contribution in [2.45, 2.75) is 26.1 Å². The number of alkyl halides is 3. The number of carbonyl (C=O) groups excluding carboxylic acids is 1. The predicted octanol–water partition coefficient (Wildman–Crippen LogP) is 3.28. The molecule has 0 aromatic heterocycles. The van der Waals surface area contributed by atoms with Gasteiger partial charge < -0.3 is 11.1 Å². The SMILES string of the molecule is CC(C)[C@@H](N)C(=O)Nc1cc(C(F)(F)F)ccc1Cl. The first-order valence-electron chi connectivity index (χ1n) is 5.56. The molecule has 0 aliphatic rings. The van der Waals surface area contributed by atoms with E-state index >= 15 is 0 Å². The Morgan fingerprint density at radius 2 is 1.95 bits per heavy atom. The first-order chi connectivity index (χ1) is 8.62. The number of benzene rings is 1. The molecule has 0 unspecified atom stereocenters. The van der Waals surface area contributed by atoms with Crippen LogP contribution in [0.25, 0.3) is 0 Å². The number of nitrogens with two attached hydrogens (primary N) is 1. The highest BCUT2D eigenvalue weighted by atomic mass is 35.5. The van der Waals surface area contributed by atoms with E-state index in [2.05, 4.69) is 5.32 Å². The van der Waals surface area contributed by atoms with Gasteiger partial charge in [-0.05, 0) is 24.1 Å².